The van der Waals surface area contributed by atoms with Crippen LogP contribution in [0.3, 0.4) is 0 Å². The Kier molecular flexibility index (Phi) is 9.44. The van der Waals surface area contributed by atoms with Gasteiger partial charge in [0.25, 0.3) is 0 Å². The van der Waals surface area contributed by atoms with E-state index in [4.69, 9.17) is 28.1 Å². The zero-order valence-electron chi connectivity index (χ0n) is 24.8. The predicted octanol–water partition coefficient (Wildman–Crippen LogP) is 1.69. The fraction of sp³-hybridized carbons (Fsp3) is 0.250. The van der Waals surface area contributed by atoms with Gasteiger partial charge in [0.05, 0.1) is 19.8 Å². The van der Waals surface area contributed by atoms with Gasteiger partial charge >= 0.3 is 5.97 Å². The number of esters is 1. The highest BCUT2D eigenvalue weighted by Crippen LogP contribution is 2.46. The van der Waals surface area contributed by atoms with E-state index in [0.29, 0.717) is 5.56 Å². The van der Waals surface area contributed by atoms with Crippen LogP contribution in [0.15, 0.2) is 63.8 Å². The van der Waals surface area contributed by atoms with Crippen LogP contribution < -0.4 is 19.6 Å². The average molecular weight is 655 g/mol. The van der Waals surface area contributed by atoms with Gasteiger partial charge in [-0.25, -0.2) is 4.79 Å². The summed E-state index contributed by atoms with van der Waals surface area (Å²) in [5.74, 6) is -2.78. The molecule has 0 aromatic heterocycles. The van der Waals surface area contributed by atoms with Crippen molar-refractivity contribution in [2.45, 2.75) is 30.7 Å². The van der Waals surface area contributed by atoms with Crippen molar-refractivity contribution in [3.63, 3.8) is 0 Å². The number of hydrogen-bond acceptors (Lipinski definition) is 15. The molecule has 15 nitrogen and oxygen atoms in total. The highest BCUT2D eigenvalue weighted by atomic mass is 16.7. The number of phenols is 4. The van der Waals surface area contributed by atoms with Gasteiger partial charge in [-0.15, -0.1) is 0 Å². The molecule has 5 atom stereocenters. The summed E-state index contributed by atoms with van der Waals surface area (Å²) in [6, 6.07) is 9.95. The third-order valence-corrected chi connectivity index (χ3v) is 7.26. The van der Waals surface area contributed by atoms with Gasteiger partial charge in [-0.05, 0) is 42.0 Å². The summed E-state index contributed by atoms with van der Waals surface area (Å²) in [5.41, 5.74) is 0.0347. The Labute approximate surface area is 265 Å². The van der Waals surface area contributed by atoms with Gasteiger partial charge in [-0.2, -0.15) is 0 Å². The number of hydrogen-bond donors (Lipinski definition) is 7. The molecule has 2 heterocycles. The number of carbonyl (C=O) groups is 1. The van der Waals surface area contributed by atoms with Gasteiger partial charge in [-0.1, -0.05) is 6.07 Å². The maximum absolute atomic E-state index is 12.3. The van der Waals surface area contributed by atoms with E-state index in [1.54, 1.807) is 0 Å². The molecule has 2 aromatic rings. The van der Waals surface area contributed by atoms with E-state index in [9.17, 15) is 45.3 Å². The standard InChI is InChI=1S/C32H30O15/c1-42-22-8-15(9-23(43-2)27(22)38)31-24(12-17-19(35)10-16(33)11-21(17)45-31)46-32-30(41)29(40)28(39)25(47-32)13-44-26(37)6-4-14-3-5-18(34)20(36)7-14/h3-12,25,28-30,32,34-36,38-41H,13H2,1-2H3/t25-,28-,29+,30-,32?/m1/s1. The second-order valence-corrected chi connectivity index (χ2v) is 10.4. The van der Waals surface area contributed by atoms with Gasteiger partial charge in [0.2, 0.25) is 12.0 Å². The van der Waals surface area contributed by atoms with Crippen molar-refractivity contribution >= 4 is 12.0 Å². The van der Waals surface area contributed by atoms with Crippen molar-refractivity contribution < 1.29 is 68.6 Å². The Balaban J connectivity index is 1.44. The van der Waals surface area contributed by atoms with Crippen LogP contribution >= 0.6 is 0 Å². The molecule has 3 aliphatic rings. The summed E-state index contributed by atoms with van der Waals surface area (Å²) in [7, 11) is 2.60. The zero-order valence-corrected chi connectivity index (χ0v) is 24.8. The van der Waals surface area contributed by atoms with Crippen LogP contribution in [-0.4, -0.2) is 93.2 Å². The number of aliphatic hydroxyl groups is 3. The second kappa shape index (κ2) is 13.5. The molecular formula is C32H30O15. The van der Waals surface area contributed by atoms with E-state index >= 15 is 0 Å². The topological polar surface area (TPSA) is 235 Å². The van der Waals surface area contributed by atoms with E-state index in [2.05, 4.69) is 0 Å². The summed E-state index contributed by atoms with van der Waals surface area (Å²) >= 11 is 0. The fourth-order valence-corrected chi connectivity index (χ4v) is 4.78. The molecule has 0 radical (unpaired) electrons. The number of methoxy groups -OCH3 is 2. The summed E-state index contributed by atoms with van der Waals surface area (Å²) < 4.78 is 33.2. The second-order valence-electron chi connectivity index (χ2n) is 10.4. The monoisotopic (exact) mass is 654 g/mol. The van der Waals surface area contributed by atoms with Crippen molar-refractivity contribution in [3.05, 3.63) is 70.4 Å². The van der Waals surface area contributed by atoms with Gasteiger partial charge in [0.1, 0.15) is 42.5 Å². The highest BCUT2D eigenvalue weighted by molar-refractivity contribution is 5.87. The van der Waals surface area contributed by atoms with Gasteiger partial charge in [0.15, 0.2) is 39.9 Å². The largest absolute Gasteiger partial charge is 0.507 e. The molecule has 0 spiro atoms. The number of rotatable bonds is 9. The minimum atomic E-state index is -1.84. The summed E-state index contributed by atoms with van der Waals surface area (Å²) in [6.07, 6.45) is -6.19. The average Bonchev–Trinajstić information content (AvgIpc) is 3.05. The van der Waals surface area contributed by atoms with Crippen molar-refractivity contribution in [2.75, 3.05) is 20.8 Å². The molecule has 47 heavy (non-hydrogen) atoms. The lowest BCUT2D eigenvalue weighted by atomic mass is 9.99. The molecule has 0 bridgehead atoms. The van der Waals surface area contributed by atoms with Crippen molar-refractivity contribution in [2.24, 2.45) is 0 Å². The zero-order chi connectivity index (χ0) is 34.0. The summed E-state index contributed by atoms with van der Waals surface area (Å²) in [6.45, 7) is -0.594. The molecule has 248 valence electrons. The molecule has 7 N–H and O–H groups in total. The molecule has 15 heteroatoms. The van der Waals surface area contributed by atoms with Gasteiger partial charge in [0, 0.05) is 23.8 Å². The van der Waals surface area contributed by atoms with E-state index in [0.717, 1.165) is 18.2 Å². The molecule has 1 unspecified atom stereocenters. The molecular weight excluding hydrogens is 624 g/mol. The van der Waals surface area contributed by atoms with Crippen molar-refractivity contribution in [1.82, 2.24) is 0 Å². The molecule has 5 rings (SSSR count). The third kappa shape index (κ3) is 6.87. The SMILES string of the molecule is COc1cc(-c2oc3cc(=O)cc(O)c-3cc2OC2O[C@H](COC(=O)C=Cc3ccc(O)c(O)c3)[C@@H](O)[C@H](O)[C@H]2O)cc(OC)c1O. The normalized spacial score (nSPS) is 21.1. The van der Waals surface area contributed by atoms with E-state index in [1.165, 1.54) is 56.7 Å². The minimum absolute atomic E-state index is 0.0216. The Morgan fingerprint density at radius 3 is 2.19 bits per heavy atom. The first-order chi connectivity index (χ1) is 22.4. The molecule has 1 aliphatic carbocycles. The maximum atomic E-state index is 12.3. The smallest absolute Gasteiger partial charge is 0.330 e. The van der Waals surface area contributed by atoms with Crippen LogP contribution in [0.5, 0.6) is 40.2 Å². The van der Waals surface area contributed by atoms with E-state index in [1.807, 2.05) is 0 Å². The number of phenolic OH excluding ortho intramolecular Hbond substituents is 4. The first-order valence-electron chi connectivity index (χ1n) is 13.9. The number of ether oxygens (including phenoxy) is 5. The minimum Gasteiger partial charge on any atom is -0.507 e. The van der Waals surface area contributed by atoms with E-state index in [-0.39, 0.29) is 51.4 Å². The lowest BCUT2D eigenvalue weighted by molar-refractivity contribution is -0.278. The van der Waals surface area contributed by atoms with Crippen LogP contribution in [0.1, 0.15) is 5.56 Å². The molecule has 0 saturated carbocycles. The first-order valence-corrected chi connectivity index (χ1v) is 13.9. The van der Waals surface area contributed by atoms with Gasteiger partial charge < -0.3 is 63.8 Å². The number of carbonyl (C=O) groups excluding carboxylic acids is 1. The number of benzene rings is 3. The Hall–Kier alpha value is -5.48. The molecule has 2 aromatic carbocycles. The quantitative estimate of drug-likeness (QED) is 0.0773. The molecule has 2 aliphatic heterocycles. The Morgan fingerprint density at radius 1 is 0.830 bits per heavy atom. The Morgan fingerprint density at radius 2 is 1.53 bits per heavy atom. The lowest BCUT2D eigenvalue weighted by Gasteiger charge is -2.40. The first kappa shape index (κ1) is 32.9. The van der Waals surface area contributed by atoms with Crippen LogP contribution in [0.4, 0.5) is 0 Å². The molecule has 0 amide bonds. The van der Waals surface area contributed by atoms with Crippen LogP contribution in [-0.2, 0) is 14.3 Å². The summed E-state index contributed by atoms with van der Waals surface area (Å²) in [5, 5.41) is 71.8. The van der Waals surface area contributed by atoms with Gasteiger partial charge in [-0.3, -0.25) is 4.79 Å². The number of aromatic hydroxyl groups is 4. The maximum Gasteiger partial charge on any atom is 0.330 e. The van der Waals surface area contributed by atoms with Crippen LogP contribution in [0.25, 0.3) is 28.7 Å². The third-order valence-electron chi connectivity index (χ3n) is 7.26. The van der Waals surface area contributed by atoms with Crippen LogP contribution in [0, 0.1) is 0 Å². The predicted molar refractivity (Wildman–Crippen MR) is 161 cm³/mol. The van der Waals surface area contributed by atoms with Crippen molar-refractivity contribution in [3.8, 4) is 62.9 Å². The van der Waals surface area contributed by atoms with E-state index < -0.39 is 60.2 Å². The molecule has 1 fully saturated rings. The molecule has 1 saturated heterocycles. The van der Waals surface area contributed by atoms with Crippen LogP contribution in [0.2, 0.25) is 0 Å². The van der Waals surface area contributed by atoms with Crippen molar-refractivity contribution in [1.29, 1.82) is 0 Å². The summed E-state index contributed by atoms with van der Waals surface area (Å²) in [4.78, 5) is 24.5. The lowest BCUT2D eigenvalue weighted by Crippen LogP contribution is -2.60. The number of fused-ring (bicyclic) bond motifs is 1. The Bertz CT molecular complexity index is 1800. The number of aliphatic hydroxyl groups excluding tert-OH is 3. The highest BCUT2D eigenvalue weighted by Gasteiger charge is 2.46. The fourth-order valence-electron chi connectivity index (χ4n) is 4.78.